The summed E-state index contributed by atoms with van der Waals surface area (Å²) >= 11 is 0. The van der Waals surface area contributed by atoms with Crippen LogP contribution in [-0.2, 0) is 0 Å². The number of amides is 1. The van der Waals surface area contributed by atoms with E-state index in [9.17, 15) is 4.79 Å². The first-order chi connectivity index (χ1) is 8.61. The van der Waals surface area contributed by atoms with E-state index in [-0.39, 0.29) is 11.6 Å². The minimum absolute atomic E-state index is 0.222. The molecule has 1 heterocycles. The number of hydrogen-bond donors (Lipinski definition) is 0. The Labute approximate surface area is 105 Å². The molecule has 0 saturated heterocycles. The summed E-state index contributed by atoms with van der Waals surface area (Å²) in [4.78, 5) is 17.6. The zero-order valence-electron chi connectivity index (χ0n) is 10.5. The molecule has 0 aliphatic rings. The first kappa shape index (κ1) is 12.2. The largest absolute Gasteiger partial charge is 0.497 e. The van der Waals surface area contributed by atoms with Gasteiger partial charge in [0.05, 0.1) is 7.11 Å². The molecule has 0 N–H and O–H groups in total. The van der Waals surface area contributed by atoms with Crippen LogP contribution >= 0.6 is 0 Å². The number of oxazole rings is 1. The maximum Gasteiger partial charge on any atom is 0.279 e. The molecule has 0 aliphatic heterocycles. The molecule has 0 aliphatic carbocycles. The van der Waals surface area contributed by atoms with Gasteiger partial charge in [0.2, 0.25) is 0 Å². The quantitative estimate of drug-likeness (QED) is 0.833. The number of methoxy groups -OCH3 is 1. The molecule has 0 unspecified atom stereocenters. The Kier molecular flexibility index (Phi) is 3.32. The summed E-state index contributed by atoms with van der Waals surface area (Å²) < 4.78 is 10.2. The average molecular weight is 246 g/mol. The van der Waals surface area contributed by atoms with Crippen LogP contribution in [0.25, 0.3) is 0 Å². The van der Waals surface area contributed by atoms with E-state index < -0.39 is 0 Å². The van der Waals surface area contributed by atoms with Gasteiger partial charge in [0.15, 0.2) is 11.6 Å². The van der Waals surface area contributed by atoms with Gasteiger partial charge in [-0.05, 0) is 12.1 Å². The number of anilines is 1. The highest BCUT2D eigenvalue weighted by atomic mass is 16.5. The molecular formula is C13H14N2O3. The molecule has 1 aromatic heterocycles. The third kappa shape index (κ3) is 2.34. The van der Waals surface area contributed by atoms with Gasteiger partial charge in [-0.2, -0.15) is 0 Å². The summed E-state index contributed by atoms with van der Waals surface area (Å²) in [6, 6.07) is 7.26. The molecule has 0 saturated carbocycles. The van der Waals surface area contributed by atoms with Crippen molar-refractivity contribution in [2.75, 3.05) is 19.1 Å². The van der Waals surface area contributed by atoms with E-state index in [2.05, 4.69) is 4.98 Å². The molecule has 5 heteroatoms. The summed E-state index contributed by atoms with van der Waals surface area (Å²) in [7, 11) is 3.27. The Morgan fingerprint density at radius 2 is 2.22 bits per heavy atom. The van der Waals surface area contributed by atoms with Gasteiger partial charge >= 0.3 is 0 Å². The fourth-order valence-electron chi connectivity index (χ4n) is 1.57. The van der Waals surface area contributed by atoms with Crippen molar-refractivity contribution < 1.29 is 13.9 Å². The van der Waals surface area contributed by atoms with Crippen molar-refractivity contribution >= 4 is 11.6 Å². The first-order valence-electron chi connectivity index (χ1n) is 5.46. The second-order valence-electron chi connectivity index (χ2n) is 3.82. The molecular weight excluding hydrogens is 232 g/mol. The lowest BCUT2D eigenvalue weighted by Gasteiger charge is -2.16. The highest BCUT2D eigenvalue weighted by Crippen LogP contribution is 2.21. The SMILES string of the molecule is COc1cccc(N(C)C(=O)c2coc(C)n2)c1. The Morgan fingerprint density at radius 3 is 2.83 bits per heavy atom. The van der Waals surface area contributed by atoms with E-state index in [0.717, 1.165) is 5.69 Å². The standard InChI is InChI=1S/C13H14N2O3/c1-9-14-12(8-18-9)13(16)15(2)10-5-4-6-11(7-10)17-3/h4-8H,1-3H3. The molecule has 0 bridgehead atoms. The minimum atomic E-state index is -0.222. The number of rotatable bonds is 3. The third-order valence-electron chi connectivity index (χ3n) is 2.58. The summed E-state index contributed by atoms with van der Waals surface area (Å²) in [5, 5.41) is 0. The van der Waals surface area contributed by atoms with Crippen LogP contribution in [-0.4, -0.2) is 25.0 Å². The highest BCUT2D eigenvalue weighted by molar-refractivity contribution is 6.04. The van der Waals surface area contributed by atoms with Crippen LogP contribution in [0.5, 0.6) is 5.75 Å². The van der Waals surface area contributed by atoms with Crippen molar-refractivity contribution in [1.82, 2.24) is 4.98 Å². The predicted octanol–water partition coefficient (Wildman–Crippen LogP) is 2.27. The smallest absolute Gasteiger partial charge is 0.279 e. The summed E-state index contributed by atoms with van der Waals surface area (Å²) in [6.07, 6.45) is 1.36. The maximum atomic E-state index is 12.1. The Bertz CT molecular complexity index is 563. The van der Waals surface area contributed by atoms with Gasteiger partial charge in [-0.1, -0.05) is 6.07 Å². The van der Waals surface area contributed by atoms with Gasteiger partial charge in [-0.25, -0.2) is 4.98 Å². The van der Waals surface area contributed by atoms with E-state index >= 15 is 0 Å². The van der Waals surface area contributed by atoms with Crippen molar-refractivity contribution in [3.63, 3.8) is 0 Å². The monoisotopic (exact) mass is 246 g/mol. The molecule has 1 amide bonds. The molecule has 0 fully saturated rings. The van der Waals surface area contributed by atoms with Gasteiger partial charge < -0.3 is 14.1 Å². The number of nitrogens with zero attached hydrogens (tertiary/aromatic N) is 2. The van der Waals surface area contributed by atoms with Crippen LogP contribution in [0.1, 0.15) is 16.4 Å². The molecule has 0 radical (unpaired) electrons. The van der Waals surface area contributed by atoms with Gasteiger partial charge in [0.25, 0.3) is 5.91 Å². The van der Waals surface area contributed by atoms with E-state index in [1.807, 2.05) is 18.2 Å². The minimum Gasteiger partial charge on any atom is -0.497 e. The van der Waals surface area contributed by atoms with Crippen molar-refractivity contribution in [3.05, 3.63) is 42.1 Å². The number of aryl methyl sites for hydroxylation is 1. The molecule has 5 nitrogen and oxygen atoms in total. The Hall–Kier alpha value is -2.30. The average Bonchev–Trinajstić information content (AvgIpc) is 2.83. The fourth-order valence-corrected chi connectivity index (χ4v) is 1.57. The van der Waals surface area contributed by atoms with Crippen LogP contribution < -0.4 is 9.64 Å². The first-order valence-corrected chi connectivity index (χ1v) is 5.46. The van der Waals surface area contributed by atoms with Crippen molar-refractivity contribution in [3.8, 4) is 5.75 Å². The summed E-state index contributed by atoms with van der Waals surface area (Å²) in [5.74, 6) is 0.945. The van der Waals surface area contributed by atoms with Crippen LogP contribution in [0, 0.1) is 6.92 Å². The fraction of sp³-hybridized carbons (Fsp3) is 0.231. The maximum absolute atomic E-state index is 12.1. The molecule has 2 aromatic rings. The van der Waals surface area contributed by atoms with Gasteiger partial charge in [0, 0.05) is 25.7 Å². The zero-order valence-corrected chi connectivity index (χ0v) is 10.5. The van der Waals surface area contributed by atoms with Crippen LogP contribution in [0.3, 0.4) is 0 Å². The number of hydrogen-bond acceptors (Lipinski definition) is 4. The third-order valence-corrected chi connectivity index (χ3v) is 2.58. The molecule has 18 heavy (non-hydrogen) atoms. The second-order valence-corrected chi connectivity index (χ2v) is 3.82. The lowest BCUT2D eigenvalue weighted by atomic mass is 10.2. The Morgan fingerprint density at radius 1 is 1.44 bits per heavy atom. The van der Waals surface area contributed by atoms with Crippen LogP contribution in [0.2, 0.25) is 0 Å². The van der Waals surface area contributed by atoms with Crippen molar-refractivity contribution in [2.45, 2.75) is 6.92 Å². The normalized spacial score (nSPS) is 10.2. The number of benzene rings is 1. The number of aromatic nitrogens is 1. The molecule has 0 spiro atoms. The molecule has 0 atom stereocenters. The van der Waals surface area contributed by atoms with Crippen molar-refractivity contribution in [2.24, 2.45) is 0 Å². The second kappa shape index (κ2) is 4.91. The number of ether oxygens (including phenoxy) is 1. The van der Waals surface area contributed by atoms with Crippen LogP contribution in [0.15, 0.2) is 34.9 Å². The molecule has 94 valence electrons. The van der Waals surface area contributed by atoms with E-state index in [0.29, 0.717) is 11.6 Å². The lowest BCUT2D eigenvalue weighted by Crippen LogP contribution is -2.26. The summed E-state index contributed by atoms with van der Waals surface area (Å²) in [5.41, 5.74) is 1.03. The summed E-state index contributed by atoms with van der Waals surface area (Å²) in [6.45, 7) is 1.70. The van der Waals surface area contributed by atoms with E-state index in [1.165, 1.54) is 11.2 Å². The van der Waals surface area contributed by atoms with Crippen molar-refractivity contribution in [1.29, 1.82) is 0 Å². The number of carbonyl (C=O) groups excluding carboxylic acids is 1. The Balaban J connectivity index is 2.25. The lowest BCUT2D eigenvalue weighted by molar-refractivity contribution is 0.0988. The zero-order chi connectivity index (χ0) is 13.1. The molecule has 1 aromatic carbocycles. The predicted molar refractivity (Wildman–Crippen MR) is 67.0 cm³/mol. The van der Waals surface area contributed by atoms with Crippen LogP contribution in [0.4, 0.5) is 5.69 Å². The topological polar surface area (TPSA) is 55.6 Å². The van der Waals surface area contributed by atoms with E-state index in [1.54, 1.807) is 27.1 Å². The number of carbonyl (C=O) groups is 1. The molecule has 2 rings (SSSR count). The van der Waals surface area contributed by atoms with Gasteiger partial charge in [-0.3, -0.25) is 4.79 Å². The highest BCUT2D eigenvalue weighted by Gasteiger charge is 2.17. The van der Waals surface area contributed by atoms with E-state index in [4.69, 9.17) is 9.15 Å². The van der Waals surface area contributed by atoms with Gasteiger partial charge in [-0.15, -0.1) is 0 Å². The van der Waals surface area contributed by atoms with Gasteiger partial charge in [0.1, 0.15) is 12.0 Å².